The highest BCUT2D eigenvalue weighted by atomic mass is 79.9. The minimum Gasteiger partial charge on any atom is -0.341 e. The van der Waals surface area contributed by atoms with E-state index in [4.69, 9.17) is 0 Å². The van der Waals surface area contributed by atoms with E-state index in [0.717, 1.165) is 17.3 Å². The Balaban J connectivity index is 1.60. The molecule has 0 atom stereocenters. The average molecular weight is 531 g/mol. The lowest BCUT2D eigenvalue weighted by Crippen LogP contribution is -2.30. The van der Waals surface area contributed by atoms with Gasteiger partial charge in [-0.25, -0.2) is 8.42 Å². The molecule has 1 heterocycles. The van der Waals surface area contributed by atoms with Crippen molar-refractivity contribution in [1.82, 2.24) is 13.6 Å². The van der Waals surface area contributed by atoms with Crippen molar-refractivity contribution < 1.29 is 13.2 Å². The zero-order valence-electron chi connectivity index (χ0n) is 17.0. The van der Waals surface area contributed by atoms with Crippen LogP contribution in [-0.4, -0.2) is 41.6 Å². The average Bonchev–Trinajstić information content (AvgIpc) is 3.26. The zero-order chi connectivity index (χ0) is 22.7. The second-order valence-corrected chi connectivity index (χ2v) is 10.2. The van der Waals surface area contributed by atoms with E-state index in [9.17, 15) is 13.2 Å². The summed E-state index contributed by atoms with van der Waals surface area (Å²) in [5.41, 5.74) is 2.37. The molecule has 1 N–H and O–H groups in total. The number of carbonyl (C=O) groups excluding carboxylic acids is 1. The van der Waals surface area contributed by atoms with Gasteiger partial charge in [-0.15, -0.1) is 0 Å². The van der Waals surface area contributed by atoms with E-state index in [1.165, 1.54) is 6.07 Å². The maximum atomic E-state index is 13.2. The molecule has 0 saturated carbocycles. The molecule has 0 bridgehead atoms. The molecule has 0 fully saturated rings. The number of halogens is 1. The number of rotatable bonds is 7. The monoisotopic (exact) mass is 530 g/mol. The van der Waals surface area contributed by atoms with Gasteiger partial charge in [-0.1, -0.05) is 52.3 Å². The Labute approximate surface area is 198 Å². The van der Waals surface area contributed by atoms with Crippen LogP contribution in [0.1, 0.15) is 15.9 Å². The number of aromatic nitrogens is 2. The first kappa shape index (κ1) is 22.4. The van der Waals surface area contributed by atoms with Crippen LogP contribution in [-0.2, 0) is 16.4 Å². The molecule has 0 spiro atoms. The largest absolute Gasteiger partial charge is 0.341 e. The van der Waals surface area contributed by atoms with Gasteiger partial charge in [0.1, 0.15) is 15.9 Å². The van der Waals surface area contributed by atoms with Crippen molar-refractivity contribution in [1.29, 1.82) is 0 Å². The number of likely N-dealkylation sites (N-methyl/N-ethyl adjacent to an activating group) is 1. The quantitative estimate of drug-likeness (QED) is 0.377. The summed E-state index contributed by atoms with van der Waals surface area (Å²) >= 11 is 4.31. The van der Waals surface area contributed by atoms with Gasteiger partial charge >= 0.3 is 0 Å². The van der Waals surface area contributed by atoms with Crippen LogP contribution in [0.3, 0.4) is 0 Å². The van der Waals surface area contributed by atoms with Crippen LogP contribution >= 0.6 is 27.7 Å². The molecule has 1 aromatic heterocycles. The van der Waals surface area contributed by atoms with Crippen molar-refractivity contribution >= 4 is 60.3 Å². The summed E-state index contributed by atoms with van der Waals surface area (Å²) in [5.74, 6) is -0.278. The summed E-state index contributed by atoms with van der Waals surface area (Å²) in [6, 6.07) is 19.5. The van der Waals surface area contributed by atoms with E-state index in [0.29, 0.717) is 28.5 Å². The van der Waals surface area contributed by atoms with E-state index in [2.05, 4.69) is 29.4 Å². The van der Waals surface area contributed by atoms with Gasteiger partial charge in [0.05, 0.1) is 23.0 Å². The van der Waals surface area contributed by atoms with Gasteiger partial charge in [0.25, 0.3) is 15.9 Å². The molecule has 0 saturated heterocycles. The number of sulfonamides is 1. The molecule has 0 radical (unpaired) electrons. The topological polar surface area (TPSA) is 92.3 Å². The molecule has 4 rings (SSSR count). The molecule has 7 nitrogen and oxygen atoms in total. The van der Waals surface area contributed by atoms with Gasteiger partial charge < -0.3 is 4.90 Å². The summed E-state index contributed by atoms with van der Waals surface area (Å²) in [6.07, 6.45) is 0.694. The number of nitrogens with one attached hydrogen (secondary N) is 1. The van der Waals surface area contributed by atoms with Crippen LogP contribution in [0, 0.1) is 0 Å². The van der Waals surface area contributed by atoms with Crippen LogP contribution in [0.25, 0.3) is 11.0 Å². The molecule has 1 amide bonds. The summed E-state index contributed by atoms with van der Waals surface area (Å²) in [7, 11) is -2.30. The van der Waals surface area contributed by atoms with Crippen molar-refractivity contribution in [2.75, 3.05) is 18.3 Å². The third-order valence-corrected chi connectivity index (χ3v) is 7.35. The van der Waals surface area contributed by atoms with Crippen molar-refractivity contribution in [3.8, 4) is 0 Å². The fourth-order valence-electron chi connectivity index (χ4n) is 3.23. The van der Waals surface area contributed by atoms with Crippen molar-refractivity contribution in [3.05, 3.63) is 82.3 Å². The SMILES string of the molecule is CN(CCc1ccccc1)C(=O)c1ccc(Br)cc1NS(=O)(=O)c1cccc2nsnc12. The molecule has 3 aromatic carbocycles. The maximum absolute atomic E-state index is 13.2. The van der Waals surface area contributed by atoms with Gasteiger partial charge in [-0.3, -0.25) is 9.52 Å². The summed E-state index contributed by atoms with van der Waals surface area (Å²) in [6.45, 7) is 0.495. The summed E-state index contributed by atoms with van der Waals surface area (Å²) in [4.78, 5) is 14.7. The van der Waals surface area contributed by atoms with E-state index in [-0.39, 0.29) is 22.1 Å². The van der Waals surface area contributed by atoms with Gasteiger partial charge in [-0.2, -0.15) is 8.75 Å². The molecular weight excluding hydrogens is 512 g/mol. The molecular formula is C22H19BrN4O3S2. The lowest BCUT2D eigenvalue weighted by Gasteiger charge is -2.20. The Kier molecular flexibility index (Phi) is 6.54. The molecule has 10 heteroatoms. The zero-order valence-corrected chi connectivity index (χ0v) is 20.2. The first-order valence-corrected chi connectivity index (χ1v) is 12.7. The van der Waals surface area contributed by atoms with Crippen LogP contribution in [0.4, 0.5) is 5.69 Å². The predicted molar refractivity (Wildman–Crippen MR) is 129 cm³/mol. The van der Waals surface area contributed by atoms with Crippen LogP contribution in [0.2, 0.25) is 0 Å². The number of nitrogens with zero attached hydrogens (tertiary/aromatic N) is 3. The lowest BCUT2D eigenvalue weighted by atomic mass is 10.1. The Bertz CT molecular complexity index is 1370. The number of hydrogen-bond donors (Lipinski definition) is 1. The second kappa shape index (κ2) is 9.35. The highest BCUT2D eigenvalue weighted by Gasteiger charge is 2.23. The minimum atomic E-state index is -4.00. The number of fused-ring (bicyclic) bond motifs is 1. The van der Waals surface area contributed by atoms with E-state index < -0.39 is 10.0 Å². The first-order chi connectivity index (χ1) is 15.3. The lowest BCUT2D eigenvalue weighted by molar-refractivity contribution is 0.0797. The van der Waals surface area contributed by atoms with Gasteiger partial charge in [0.15, 0.2) is 0 Å². The normalized spacial score (nSPS) is 11.4. The van der Waals surface area contributed by atoms with Gasteiger partial charge in [0, 0.05) is 18.1 Å². The van der Waals surface area contributed by atoms with Crippen LogP contribution in [0.5, 0.6) is 0 Å². The number of amides is 1. The molecule has 4 aromatic rings. The Morgan fingerprint density at radius 1 is 1.06 bits per heavy atom. The smallest absolute Gasteiger partial charge is 0.264 e. The summed E-state index contributed by atoms with van der Waals surface area (Å²) in [5, 5.41) is 0. The fourth-order valence-corrected chi connectivity index (χ4v) is 5.43. The van der Waals surface area contributed by atoms with Gasteiger partial charge in [-0.05, 0) is 42.3 Å². The third-order valence-electron chi connectivity index (χ3n) is 4.92. The van der Waals surface area contributed by atoms with Crippen LogP contribution in [0.15, 0.2) is 76.1 Å². The summed E-state index contributed by atoms with van der Waals surface area (Å²) < 4.78 is 37.8. The number of hydrogen-bond acceptors (Lipinski definition) is 6. The maximum Gasteiger partial charge on any atom is 0.264 e. The molecule has 0 unspecified atom stereocenters. The van der Waals surface area contributed by atoms with Crippen LogP contribution < -0.4 is 4.72 Å². The van der Waals surface area contributed by atoms with E-state index in [1.54, 1.807) is 42.3 Å². The molecule has 0 aliphatic heterocycles. The number of carbonyl (C=O) groups is 1. The molecule has 164 valence electrons. The first-order valence-electron chi connectivity index (χ1n) is 9.68. The molecule has 32 heavy (non-hydrogen) atoms. The number of anilines is 1. The Morgan fingerprint density at radius 2 is 1.84 bits per heavy atom. The van der Waals surface area contributed by atoms with Crippen molar-refractivity contribution in [3.63, 3.8) is 0 Å². The Hall–Kier alpha value is -2.82. The van der Waals surface area contributed by atoms with Crippen molar-refractivity contribution in [2.24, 2.45) is 0 Å². The standard InChI is InChI=1S/C22H19BrN4O3S2/c1-27(13-12-15-6-3-2-4-7-15)22(28)17-11-10-16(23)14-19(17)26-32(29,30)20-9-5-8-18-21(20)25-31-24-18/h2-11,14,26H,12-13H2,1H3. The third kappa shape index (κ3) is 4.82. The number of benzene rings is 3. The van der Waals surface area contributed by atoms with E-state index >= 15 is 0 Å². The highest BCUT2D eigenvalue weighted by Crippen LogP contribution is 2.28. The highest BCUT2D eigenvalue weighted by molar-refractivity contribution is 9.10. The molecule has 0 aliphatic rings. The van der Waals surface area contributed by atoms with E-state index in [1.807, 2.05) is 30.3 Å². The minimum absolute atomic E-state index is 0.0135. The fraction of sp³-hybridized carbons (Fsp3) is 0.136. The van der Waals surface area contributed by atoms with Gasteiger partial charge in [0.2, 0.25) is 0 Å². The molecule has 0 aliphatic carbocycles. The van der Waals surface area contributed by atoms with Crippen molar-refractivity contribution in [2.45, 2.75) is 11.3 Å². The second-order valence-electron chi connectivity index (χ2n) is 7.15. The Morgan fingerprint density at radius 3 is 2.62 bits per heavy atom. The predicted octanol–water partition coefficient (Wildman–Crippen LogP) is 4.57.